The number of aryl methyl sites for hydroxylation is 1. The Balaban J connectivity index is 1.87. The number of aromatic nitrogens is 1. The molecular formula is C20H26N2O3. The zero-order valence-electron chi connectivity index (χ0n) is 15.3. The standard InChI is InChI=1S/C20H26N2O3/c1-5-24-19(23)12-20(3,4)22-14-16-8-11-18(21-13-16)25-17-9-6-15(2)7-10-17/h6-11,13,22H,5,12,14H2,1-4H3. The van der Waals surface area contributed by atoms with Crippen LogP contribution < -0.4 is 10.1 Å². The van der Waals surface area contributed by atoms with E-state index in [1.54, 1.807) is 6.20 Å². The van der Waals surface area contributed by atoms with Crippen LogP contribution in [0.3, 0.4) is 0 Å². The van der Waals surface area contributed by atoms with Crippen LogP contribution in [-0.2, 0) is 16.1 Å². The summed E-state index contributed by atoms with van der Waals surface area (Å²) in [6.07, 6.45) is 2.10. The van der Waals surface area contributed by atoms with Crippen molar-refractivity contribution in [3.63, 3.8) is 0 Å². The smallest absolute Gasteiger partial charge is 0.307 e. The summed E-state index contributed by atoms with van der Waals surface area (Å²) >= 11 is 0. The number of carbonyl (C=O) groups is 1. The zero-order chi connectivity index (χ0) is 18.3. The molecular weight excluding hydrogens is 316 g/mol. The van der Waals surface area contributed by atoms with Crippen LogP contribution in [0, 0.1) is 6.92 Å². The molecule has 0 radical (unpaired) electrons. The Morgan fingerprint density at radius 1 is 1.16 bits per heavy atom. The SMILES string of the molecule is CCOC(=O)CC(C)(C)NCc1ccc(Oc2ccc(C)cc2)nc1. The van der Waals surface area contributed by atoms with E-state index in [4.69, 9.17) is 9.47 Å². The molecule has 0 aliphatic carbocycles. The van der Waals surface area contributed by atoms with Gasteiger partial charge in [-0.3, -0.25) is 4.79 Å². The van der Waals surface area contributed by atoms with E-state index in [0.29, 0.717) is 25.5 Å². The Labute approximate surface area is 149 Å². The van der Waals surface area contributed by atoms with Gasteiger partial charge in [0.15, 0.2) is 0 Å². The third-order valence-corrected chi connectivity index (χ3v) is 3.70. The molecule has 25 heavy (non-hydrogen) atoms. The molecule has 0 spiro atoms. The van der Waals surface area contributed by atoms with Gasteiger partial charge in [-0.1, -0.05) is 23.8 Å². The van der Waals surface area contributed by atoms with Crippen LogP contribution in [-0.4, -0.2) is 23.1 Å². The number of ether oxygens (including phenoxy) is 2. The predicted molar refractivity (Wildman–Crippen MR) is 97.7 cm³/mol. The molecule has 1 aromatic carbocycles. The molecule has 0 aliphatic heterocycles. The molecule has 2 aromatic rings. The van der Waals surface area contributed by atoms with Crippen molar-refractivity contribution < 1.29 is 14.3 Å². The highest BCUT2D eigenvalue weighted by Crippen LogP contribution is 2.20. The number of hydrogen-bond donors (Lipinski definition) is 1. The zero-order valence-corrected chi connectivity index (χ0v) is 15.3. The largest absolute Gasteiger partial charge is 0.466 e. The average molecular weight is 342 g/mol. The van der Waals surface area contributed by atoms with E-state index in [2.05, 4.69) is 10.3 Å². The van der Waals surface area contributed by atoms with E-state index in [9.17, 15) is 4.79 Å². The van der Waals surface area contributed by atoms with E-state index in [1.807, 2.05) is 64.1 Å². The van der Waals surface area contributed by atoms with Gasteiger partial charge >= 0.3 is 5.97 Å². The Hall–Kier alpha value is -2.40. The Morgan fingerprint density at radius 2 is 1.88 bits per heavy atom. The van der Waals surface area contributed by atoms with Crippen LogP contribution in [0.5, 0.6) is 11.6 Å². The first-order valence-electron chi connectivity index (χ1n) is 8.48. The third-order valence-electron chi connectivity index (χ3n) is 3.70. The molecule has 5 nitrogen and oxygen atoms in total. The minimum atomic E-state index is -0.344. The van der Waals surface area contributed by atoms with Crippen molar-refractivity contribution in [3.8, 4) is 11.6 Å². The molecule has 134 valence electrons. The highest BCUT2D eigenvalue weighted by atomic mass is 16.5. The fraction of sp³-hybridized carbons (Fsp3) is 0.400. The van der Waals surface area contributed by atoms with Crippen LogP contribution in [0.1, 0.15) is 38.3 Å². The quantitative estimate of drug-likeness (QED) is 0.735. The molecule has 1 N–H and O–H groups in total. The summed E-state index contributed by atoms with van der Waals surface area (Å²) in [5, 5.41) is 3.36. The fourth-order valence-corrected chi connectivity index (χ4v) is 2.28. The summed E-state index contributed by atoms with van der Waals surface area (Å²) in [6, 6.07) is 11.6. The molecule has 0 bridgehead atoms. The molecule has 2 rings (SSSR count). The molecule has 0 aliphatic rings. The normalized spacial score (nSPS) is 11.2. The summed E-state index contributed by atoms with van der Waals surface area (Å²) in [5.74, 6) is 1.12. The van der Waals surface area contributed by atoms with Gasteiger partial charge in [-0.25, -0.2) is 4.98 Å². The number of hydrogen-bond acceptors (Lipinski definition) is 5. The third kappa shape index (κ3) is 6.55. The Kier molecular flexibility index (Phi) is 6.53. The summed E-state index contributed by atoms with van der Waals surface area (Å²) in [4.78, 5) is 16.0. The lowest BCUT2D eigenvalue weighted by molar-refractivity contribution is -0.144. The molecule has 1 heterocycles. The highest BCUT2D eigenvalue weighted by molar-refractivity contribution is 5.70. The van der Waals surface area contributed by atoms with E-state index in [-0.39, 0.29) is 11.5 Å². The molecule has 0 fully saturated rings. The molecule has 0 saturated heterocycles. The number of esters is 1. The van der Waals surface area contributed by atoms with Crippen LogP contribution in [0.2, 0.25) is 0 Å². The molecule has 0 atom stereocenters. The van der Waals surface area contributed by atoms with Gasteiger partial charge in [-0.2, -0.15) is 0 Å². The first kappa shape index (κ1) is 18.9. The molecule has 5 heteroatoms. The molecule has 0 amide bonds. The van der Waals surface area contributed by atoms with Gasteiger partial charge in [0.1, 0.15) is 5.75 Å². The van der Waals surface area contributed by atoms with E-state index in [1.165, 1.54) is 5.56 Å². The maximum Gasteiger partial charge on any atom is 0.307 e. The van der Waals surface area contributed by atoms with Crippen molar-refractivity contribution in [2.24, 2.45) is 0 Å². The summed E-state index contributed by atoms with van der Waals surface area (Å²) in [5.41, 5.74) is 1.86. The predicted octanol–water partition coefficient (Wildman–Crippen LogP) is 4.00. The van der Waals surface area contributed by atoms with Gasteiger partial charge in [-0.05, 0) is 45.4 Å². The van der Waals surface area contributed by atoms with Crippen molar-refractivity contribution in [2.75, 3.05) is 6.61 Å². The number of pyridine rings is 1. The van der Waals surface area contributed by atoms with Gasteiger partial charge in [0.2, 0.25) is 5.88 Å². The number of benzene rings is 1. The Morgan fingerprint density at radius 3 is 2.48 bits per heavy atom. The summed E-state index contributed by atoms with van der Waals surface area (Å²) in [7, 11) is 0. The maximum atomic E-state index is 11.6. The van der Waals surface area contributed by atoms with Crippen molar-refractivity contribution in [3.05, 3.63) is 53.7 Å². The molecule has 0 unspecified atom stereocenters. The first-order valence-corrected chi connectivity index (χ1v) is 8.48. The summed E-state index contributed by atoms with van der Waals surface area (Å²) < 4.78 is 10.7. The molecule has 0 saturated carbocycles. The summed E-state index contributed by atoms with van der Waals surface area (Å²) in [6.45, 7) is 8.82. The second-order valence-electron chi connectivity index (χ2n) is 6.64. The van der Waals surface area contributed by atoms with Crippen molar-refractivity contribution in [1.82, 2.24) is 10.3 Å². The van der Waals surface area contributed by atoms with E-state index >= 15 is 0 Å². The van der Waals surface area contributed by atoms with Crippen LogP contribution in [0.15, 0.2) is 42.6 Å². The Bertz CT molecular complexity index is 679. The van der Waals surface area contributed by atoms with Crippen molar-refractivity contribution in [2.45, 2.75) is 46.2 Å². The van der Waals surface area contributed by atoms with Crippen LogP contribution in [0.4, 0.5) is 0 Å². The van der Waals surface area contributed by atoms with Gasteiger partial charge in [0.25, 0.3) is 0 Å². The lowest BCUT2D eigenvalue weighted by Gasteiger charge is -2.25. The van der Waals surface area contributed by atoms with Gasteiger partial charge < -0.3 is 14.8 Å². The second kappa shape index (κ2) is 8.62. The van der Waals surface area contributed by atoms with Crippen LogP contribution >= 0.6 is 0 Å². The minimum absolute atomic E-state index is 0.194. The van der Waals surface area contributed by atoms with Crippen molar-refractivity contribution in [1.29, 1.82) is 0 Å². The lowest BCUT2D eigenvalue weighted by atomic mass is 10.0. The fourth-order valence-electron chi connectivity index (χ4n) is 2.28. The topological polar surface area (TPSA) is 60.5 Å². The van der Waals surface area contributed by atoms with Gasteiger partial charge in [-0.15, -0.1) is 0 Å². The second-order valence-corrected chi connectivity index (χ2v) is 6.64. The van der Waals surface area contributed by atoms with E-state index < -0.39 is 0 Å². The average Bonchev–Trinajstić information content (AvgIpc) is 2.56. The van der Waals surface area contributed by atoms with E-state index in [0.717, 1.165) is 11.3 Å². The monoisotopic (exact) mass is 342 g/mol. The van der Waals surface area contributed by atoms with Crippen LogP contribution in [0.25, 0.3) is 0 Å². The van der Waals surface area contributed by atoms with Gasteiger partial charge in [0, 0.05) is 24.3 Å². The number of rotatable bonds is 8. The lowest BCUT2D eigenvalue weighted by Crippen LogP contribution is -2.41. The number of nitrogens with one attached hydrogen (secondary N) is 1. The van der Waals surface area contributed by atoms with Gasteiger partial charge in [0.05, 0.1) is 13.0 Å². The number of nitrogens with zero attached hydrogens (tertiary/aromatic N) is 1. The van der Waals surface area contributed by atoms with Crippen molar-refractivity contribution >= 4 is 5.97 Å². The molecule has 1 aromatic heterocycles. The number of carbonyl (C=O) groups excluding carboxylic acids is 1. The first-order chi connectivity index (χ1) is 11.9. The maximum absolute atomic E-state index is 11.6. The minimum Gasteiger partial charge on any atom is -0.466 e. The highest BCUT2D eigenvalue weighted by Gasteiger charge is 2.22.